The lowest BCUT2D eigenvalue weighted by atomic mass is 9.59. The molecule has 4 atom stereocenters. The molecule has 4 aliphatic rings. The number of ether oxygens (including phenoxy) is 1. The summed E-state index contributed by atoms with van der Waals surface area (Å²) in [5, 5.41) is 10.5. The number of benzene rings is 2. The molecule has 0 spiro atoms. The van der Waals surface area contributed by atoms with Crippen LogP contribution in [0.5, 0.6) is 11.5 Å². The molecule has 0 radical (unpaired) electrons. The molecule has 1 fully saturated rings. The zero-order valence-electron chi connectivity index (χ0n) is 20.7. The van der Waals surface area contributed by atoms with E-state index in [0.29, 0.717) is 38.0 Å². The number of carbonyl (C=O) groups excluding carboxylic acids is 4. The van der Waals surface area contributed by atoms with Gasteiger partial charge in [0.1, 0.15) is 0 Å². The van der Waals surface area contributed by atoms with E-state index in [2.05, 4.69) is 0 Å². The molecule has 2 aromatic carbocycles. The van der Waals surface area contributed by atoms with Gasteiger partial charge in [-0.15, -0.1) is 0 Å². The molecule has 2 aromatic rings. The van der Waals surface area contributed by atoms with Crippen LogP contribution in [-0.4, -0.2) is 35.6 Å². The third-order valence-electron chi connectivity index (χ3n) is 8.18. The van der Waals surface area contributed by atoms with Crippen molar-refractivity contribution in [2.45, 2.75) is 25.7 Å². The highest BCUT2D eigenvalue weighted by molar-refractivity contribution is 14.1. The Morgan fingerprint density at radius 2 is 1.76 bits per heavy atom. The number of rotatable bonds is 3. The molecule has 1 saturated heterocycles. The molecule has 192 valence electrons. The van der Waals surface area contributed by atoms with Gasteiger partial charge in [-0.25, -0.2) is 0 Å². The number of phenolic OH excluding ortho intramolecular Hbond substituents is 1. The summed E-state index contributed by atoms with van der Waals surface area (Å²) in [5.74, 6) is -2.86. The van der Waals surface area contributed by atoms with Crippen LogP contribution in [0.15, 0.2) is 76.9 Å². The van der Waals surface area contributed by atoms with Gasteiger partial charge in [0.2, 0.25) is 11.8 Å². The van der Waals surface area contributed by atoms with E-state index >= 15 is 0 Å². The summed E-state index contributed by atoms with van der Waals surface area (Å²) in [7, 11) is 1.45. The number of fused-ring (bicyclic) bond motifs is 3. The first-order chi connectivity index (χ1) is 18.2. The second-order valence-corrected chi connectivity index (χ2v) is 11.3. The molecule has 38 heavy (non-hydrogen) atoms. The van der Waals surface area contributed by atoms with Gasteiger partial charge in [-0.1, -0.05) is 29.8 Å². The van der Waals surface area contributed by atoms with Crippen LogP contribution < -0.4 is 9.64 Å². The van der Waals surface area contributed by atoms with Gasteiger partial charge in [0, 0.05) is 22.6 Å². The summed E-state index contributed by atoms with van der Waals surface area (Å²) in [6, 6.07) is 12.4. The highest BCUT2D eigenvalue weighted by Gasteiger charge is 2.56. The topological polar surface area (TPSA) is 101 Å². The van der Waals surface area contributed by atoms with Crippen molar-refractivity contribution in [2.24, 2.45) is 17.8 Å². The van der Waals surface area contributed by atoms with Crippen LogP contribution >= 0.6 is 22.6 Å². The number of anilines is 1. The number of allylic oxidation sites excluding steroid dienone is 6. The van der Waals surface area contributed by atoms with E-state index in [1.165, 1.54) is 18.1 Å². The van der Waals surface area contributed by atoms with Crippen molar-refractivity contribution < 1.29 is 29.0 Å². The lowest BCUT2D eigenvalue weighted by molar-refractivity contribution is -0.123. The van der Waals surface area contributed by atoms with Crippen molar-refractivity contribution in [3.8, 4) is 11.5 Å². The van der Waals surface area contributed by atoms with Gasteiger partial charge in [0.25, 0.3) is 0 Å². The van der Waals surface area contributed by atoms with E-state index in [-0.39, 0.29) is 41.3 Å². The average molecular weight is 621 g/mol. The molecule has 0 aromatic heterocycles. The highest BCUT2D eigenvalue weighted by atomic mass is 127. The van der Waals surface area contributed by atoms with E-state index < -0.39 is 23.7 Å². The maximum Gasteiger partial charge on any atom is 0.238 e. The molecule has 3 aliphatic carbocycles. The fraction of sp³-hybridized carbons (Fsp3) is 0.267. The number of ketones is 2. The summed E-state index contributed by atoms with van der Waals surface area (Å²) in [5.41, 5.74) is 3.26. The van der Waals surface area contributed by atoms with Gasteiger partial charge >= 0.3 is 0 Å². The summed E-state index contributed by atoms with van der Waals surface area (Å²) in [4.78, 5) is 55.4. The molecule has 0 saturated carbocycles. The first kappa shape index (κ1) is 24.8. The maximum atomic E-state index is 13.9. The van der Waals surface area contributed by atoms with E-state index in [0.717, 1.165) is 5.57 Å². The Balaban J connectivity index is 1.52. The molecule has 7 nitrogen and oxygen atoms in total. The predicted molar refractivity (Wildman–Crippen MR) is 148 cm³/mol. The minimum absolute atomic E-state index is 0.00652. The molecule has 0 bridgehead atoms. The number of halogens is 1. The number of hydrogen-bond donors (Lipinski definition) is 1. The standard InChI is InChI=1S/C30H24INO6/c1-14-10-22(33)26-20(27(14)34)13-19-17(24(26)15-11-21(31)28(35)23(12-15)38-2)8-9-18-25(19)30(37)32(29(18)36)16-6-4-3-5-7-16/h3-8,10-12,18-19,24-25,35H,9,13H2,1-2H3/t18-,19+,24-,25-/m0/s1. The fourth-order valence-electron chi connectivity index (χ4n) is 6.51. The second kappa shape index (κ2) is 9.04. The van der Waals surface area contributed by atoms with E-state index in [1.54, 1.807) is 43.3 Å². The Morgan fingerprint density at radius 3 is 2.47 bits per heavy atom. The number of methoxy groups -OCH3 is 1. The number of imide groups is 1. The Morgan fingerprint density at radius 1 is 1.03 bits per heavy atom. The molecule has 8 heteroatoms. The van der Waals surface area contributed by atoms with Crippen LogP contribution in [0.2, 0.25) is 0 Å². The molecule has 1 heterocycles. The second-order valence-electron chi connectivity index (χ2n) is 10.1. The normalized spacial score (nSPS) is 26.6. The van der Waals surface area contributed by atoms with Gasteiger partial charge in [0.15, 0.2) is 23.1 Å². The van der Waals surface area contributed by atoms with Crippen LogP contribution in [-0.2, 0) is 19.2 Å². The number of phenols is 1. The molecular weight excluding hydrogens is 597 g/mol. The summed E-state index contributed by atoms with van der Waals surface area (Å²) >= 11 is 2.01. The number of para-hydroxylation sites is 1. The van der Waals surface area contributed by atoms with Crippen molar-refractivity contribution in [3.63, 3.8) is 0 Å². The maximum absolute atomic E-state index is 13.9. The Hall–Kier alpha value is -3.53. The minimum Gasteiger partial charge on any atom is -0.504 e. The molecule has 1 aliphatic heterocycles. The third kappa shape index (κ3) is 3.53. The van der Waals surface area contributed by atoms with E-state index in [4.69, 9.17) is 4.74 Å². The summed E-state index contributed by atoms with van der Waals surface area (Å²) in [6.45, 7) is 1.63. The van der Waals surface area contributed by atoms with Crippen LogP contribution in [0.4, 0.5) is 5.69 Å². The zero-order chi connectivity index (χ0) is 26.9. The van der Waals surface area contributed by atoms with Crippen molar-refractivity contribution in [1.82, 2.24) is 0 Å². The Bertz CT molecular complexity index is 1540. The van der Waals surface area contributed by atoms with Crippen molar-refractivity contribution >= 4 is 51.7 Å². The van der Waals surface area contributed by atoms with E-state index in [9.17, 15) is 24.3 Å². The summed E-state index contributed by atoms with van der Waals surface area (Å²) in [6.07, 6.45) is 3.95. The van der Waals surface area contributed by atoms with Gasteiger partial charge in [-0.2, -0.15) is 0 Å². The van der Waals surface area contributed by atoms with Crippen LogP contribution in [0.3, 0.4) is 0 Å². The lowest BCUT2D eigenvalue weighted by Crippen LogP contribution is -2.39. The molecule has 6 rings (SSSR count). The van der Waals surface area contributed by atoms with Crippen LogP contribution in [0, 0.1) is 21.3 Å². The van der Waals surface area contributed by atoms with Gasteiger partial charge in [-0.3, -0.25) is 24.1 Å². The number of carbonyl (C=O) groups is 4. The van der Waals surface area contributed by atoms with Gasteiger partial charge in [-0.05, 0) is 84.2 Å². The zero-order valence-corrected chi connectivity index (χ0v) is 22.9. The number of hydrogen-bond acceptors (Lipinski definition) is 6. The lowest BCUT2D eigenvalue weighted by Gasteiger charge is -2.42. The first-order valence-corrected chi connectivity index (χ1v) is 13.5. The number of aromatic hydroxyl groups is 1. The number of nitrogens with zero attached hydrogens (tertiary/aromatic N) is 1. The van der Waals surface area contributed by atoms with Crippen molar-refractivity contribution in [1.29, 1.82) is 0 Å². The number of amides is 2. The highest BCUT2D eigenvalue weighted by Crippen LogP contribution is 2.56. The monoisotopic (exact) mass is 621 g/mol. The van der Waals surface area contributed by atoms with Gasteiger partial charge < -0.3 is 9.84 Å². The largest absolute Gasteiger partial charge is 0.504 e. The first-order valence-electron chi connectivity index (χ1n) is 12.4. The molecule has 1 N–H and O–H groups in total. The molecular formula is C30H24INO6. The number of Topliss-reactive ketones (excluding diaryl/α,β-unsaturated/α-hetero) is 1. The fourth-order valence-corrected chi connectivity index (χ4v) is 7.13. The molecule has 0 unspecified atom stereocenters. The minimum atomic E-state index is -0.633. The van der Waals surface area contributed by atoms with Crippen LogP contribution in [0.25, 0.3) is 0 Å². The third-order valence-corrected chi connectivity index (χ3v) is 9.00. The SMILES string of the molecule is COc1cc([C@H]2C3=CC[C@@H]4C(=O)N(c5ccccc5)C(=O)[C@@H]4[C@@H]3CC3=C2C(=O)C=C(C)C3=O)cc(I)c1O. The summed E-state index contributed by atoms with van der Waals surface area (Å²) < 4.78 is 5.94. The smallest absolute Gasteiger partial charge is 0.238 e. The van der Waals surface area contributed by atoms with Crippen molar-refractivity contribution in [3.05, 3.63) is 86.0 Å². The Kier molecular flexibility index (Phi) is 5.90. The predicted octanol–water partition coefficient (Wildman–Crippen LogP) is 4.64. The van der Waals surface area contributed by atoms with E-state index in [1.807, 2.05) is 34.7 Å². The molecule has 2 amide bonds. The van der Waals surface area contributed by atoms with Crippen LogP contribution in [0.1, 0.15) is 31.2 Å². The van der Waals surface area contributed by atoms with Gasteiger partial charge in [0.05, 0.1) is 28.2 Å². The average Bonchev–Trinajstić information content (AvgIpc) is 3.17. The Labute approximate surface area is 233 Å². The van der Waals surface area contributed by atoms with Crippen molar-refractivity contribution in [2.75, 3.05) is 12.0 Å². The quantitative estimate of drug-likeness (QED) is 0.232.